The molecule has 0 radical (unpaired) electrons. The van der Waals surface area contributed by atoms with Crippen molar-refractivity contribution >= 4 is 23.5 Å². The van der Waals surface area contributed by atoms with Gasteiger partial charge in [0, 0.05) is 54.8 Å². The molecule has 2 saturated carbocycles. The Hall–Kier alpha value is -4.47. The molecule has 4 aromatic rings. The van der Waals surface area contributed by atoms with E-state index in [4.69, 9.17) is 14.7 Å². The lowest BCUT2D eigenvalue weighted by Gasteiger charge is -2.30. The molecule has 10 heteroatoms. The van der Waals surface area contributed by atoms with E-state index in [-0.39, 0.29) is 17.8 Å². The van der Waals surface area contributed by atoms with Crippen LogP contribution in [0.15, 0.2) is 54.9 Å². The number of piperidine rings is 1. The number of nitrogens with zero attached hydrogens (tertiary/aromatic N) is 4. The number of benzene rings is 1. The van der Waals surface area contributed by atoms with Crippen molar-refractivity contribution in [2.75, 3.05) is 18.4 Å². The molecule has 2 N–H and O–H groups in total. The second kappa shape index (κ2) is 10.8. The number of aromatic nitrogens is 3. The molecule has 4 heterocycles. The summed E-state index contributed by atoms with van der Waals surface area (Å²) in [5.41, 5.74) is 4.58. The number of alkyl carbamates (subject to hydrolysis) is 1. The third kappa shape index (κ3) is 6.04. The first-order chi connectivity index (χ1) is 21.7. The second-order valence-electron chi connectivity index (χ2n) is 14.7. The summed E-state index contributed by atoms with van der Waals surface area (Å²) in [4.78, 5) is 37.9. The lowest BCUT2D eigenvalue weighted by Crippen LogP contribution is -2.43. The number of amides is 2. The Balaban J connectivity index is 1.07. The topological polar surface area (TPSA) is 101 Å². The number of nitrogens with one attached hydrogen (secondary N) is 2. The van der Waals surface area contributed by atoms with Crippen LogP contribution >= 0.6 is 0 Å². The summed E-state index contributed by atoms with van der Waals surface area (Å²) in [6, 6.07) is 12.2. The van der Waals surface area contributed by atoms with Gasteiger partial charge in [0.05, 0.1) is 22.5 Å². The van der Waals surface area contributed by atoms with E-state index in [0.717, 1.165) is 28.0 Å². The van der Waals surface area contributed by atoms with Gasteiger partial charge >= 0.3 is 6.09 Å². The summed E-state index contributed by atoms with van der Waals surface area (Å²) in [6.07, 6.45) is 5.86. The van der Waals surface area contributed by atoms with Crippen molar-refractivity contribution in [1.29, 1.82) is 0 Å². The molecule has 1 saturated heterocycles. The summed E-state index contributed by atoms with van der Waals surface area (Å²) in [5, 5.41) is 6.60. The smallest absolute Gasteiger partial charge is 0.408 e. The van der Waals surface area contributed by atoms with Gasteiger partial charge < -0.3 is 24.7 Å². The molecule has 7 rings (SSSR count). The molecule has 240 valence electrons. The lowest BCUT2D eigenvalue weighted by atomic mass is 9.93. The molecule has 1 aromatic carbocycles. The Labute approximate surface area is 268 Å². The maximum absolute atomic E-state index is 13.7. The Morgan fingerprint density at radius 3 is 2.30 bits per heavy atom. The molecule has 2 aliphatic carbocycles. The number of halogens is 1. The van der Waals surface area contributed by atoms with E-state index in [0.29, 0.717) is 47.9 Å². The number of carbonyl (C=O) groups excluding carboxylic acids is 2. The number of imidazole rings is 1. The average Bonchev–Trinajstić information content (AvgIpc) is 3.82. The van der Waals surface area contributed by atoms with Gasteiger partial charge in [-0.2, -0.15) is 0 Å². The summed E-state index contributed by atoms with van der Waals surface area (Å²) >= 11 is 0. The van der Waals surface area contributed by atoms with Crippen LogP contribution in [0, 0.1) is 24.6 Å². The molecular weight excluding hydrogens is 583 g/mol. The van der Waals surface area contributed by atoms with Crippen LogP contribution in [0.3, 0.4) is 0 Å². The molecule has 3 aromatic heterocycles. The second-order valence-corrected chi connectivity index (χ2v) is 14.7. The van der Waals surface area contributed by atoms with Crippen LogP contribution in [0.5, 0.6) is 0 Å². The number of fused-ring (bicyclic) bond motifs is 2. The summed E-state index contributed by atoms with van der Waals surface area (Å²) in [7, 11) is 0. The number of likely N-dealkylation sites (tertiary alicyclic amines) is 1. The highest BCUT2D eigenvalue weighted by Gasteiger charge is 2.57. The van der Waals surface area contributed by atoms with E-state index in [2.05, 4.69) is 16.8 Å². The van der Waals surface area contributed by atoms with Crippen LogP contribution in [-0.2, 0) is 10.3 Å². The van der Waals surface area contributed by atoms with Crippen LogP contribution in [0.2, 0.25) is 0 Å². The predicted octanol–water partition coefficient (Wildman–Crippen LogP) is 6.66. The molecule has 9 nitrogen and oxygen atoms in total. The molecule has 0 bridgehead atoms. The number of anilines is 1. The van der Waals surface area contributed by atoms with Gasteiger partial charge in [0.1, 0.15) is 22.9 Å². The van der Waals surface area contributed by atoms with Gasteiger partial charge in [-0.15, -0.1) is 0 Å². The van der Waals surface area contributed by atoms with Crippen molar-refractivity contribution < 1.29 is 18.7 Å². The molecular formula is C36H41FN6O3. The monoisotopic (exact) mass is 624 g/mol. The SMILES string of the molecule is Cc1cc(C(=O)N2C[C@@H]3C(Nc4cc(C(C)(C)NC(=O)OC(C)(C)C)cc(-c5ccc(F)cc5)n4)[C@@H]3C2)cn2cc(C3CC3)nc12. The number of rotatable bonds is 7. The van der Waals surface area contributed by atoms with Crippen LogP contribution in [-0.4, -0.2) is 56.0 Å². The van der Waals surface area contributed by atoms with Crippen LogP contribution in [0.1, 0.15) is 80.6 Å². The molecule has 1 unspecified atom stereocenters. The number of hydrogen-bond donors (Lipinski definition) is 2. The maximum Gasteiger partial charge on any atom is 0.408 e. The van der Waals surface area contributed by atoms with Gasteiger partial charge in [-0.25, -0.2) is 19.2 Å². The van der Waals surface area contributed by atoms with Crippen molar-refractivity contribution in [3.63, 3.8) is 0 Å². The quantitative estimate of drug-likeness (QED) is 0.238. The molecule has 3 atom stereocenters. The van der Waals surface area contributed by atoms with E-state index in [9.17, 15) is 14.0 Å². The van der Waals surface area contributed by atoms with Gasteiger partial charge in [0.25, 0.3) is 5.91 Å². The normalized spacial score (nSPS) is 20.8. The third-order valence-corrected chi connectivity index (χ3v) is 9.29. The summed E-state index contributed by atoms with van der Waals surface area (Å²) < 4.78 is 21.3. The Kier molecular flexibility index (Phi) is 7.10. The largest absolute Gasteiger partial charge is 0.444 e. The van der Waals surface area contributed by atoms with E-state index in [1.807, 2.05) is 75.2 Å². The molecule has 1 aliphatic heterocycles. The van der Waals surface area contributed by atoms with E-state index < -0.39 is 17.2 Å². The van der Waals surface area contributed by atoms with Gasteiger partial charge in [-0.1, -0.05) is 0 Å². The first-order valence-electron chi connectivity index (χ1n) is 16.1. The zero-order valence-electron chi connectivity index (χ0n) is 27.2. The Morgan fingerprint density at radius 1 is 0.957 bits per heavy atom. The van der Waals surface area contributed by atoms with Gasteiger partial charge in [0.15, 0.2) is 0 Å². The van der Waals surface area contributed by atoms with Crippen LogP contribution in [0.4, 0.5) is 15.0 Å². The molecule has 3 aliphatic rings. The van der Waals surface area contributed by atoms with Gasteiger partial charge in [-0.05, 0) is 108 Å². The highest BCUT2D eigenvalue weighted by molar-refractivity contribution is 5.95. The van der Waals surface area contributed by atoms with Crippen LogP contribution in [0.25, 0.3) is 16.9 Å². The van der Waals surface area contributed by atoms with Crippen molar-refractivity contribution in [2.45, 2.75) is 77.5 Å². The van der Waals surface area contributed by atoms with E-state index >= 15 is 0 Å². The number of aryl methyl sites for hydroxylation is 1. The minimum absolute atomic E-state index is 0.0475. The molecule has 0 spiro atoms. The third-order valence-electron chi connectivity index (χ3n) is 9.29. The fraction of sp³-hybridized carbons (Fsp3) is 0.444. The predicted molar refractivity (Wildman–Crippen MR) is 174 cm³/mol. The van der Waals surface area contributed by atoms with Crippen molar-refractivity contribution in [2.24, 2.45) is 11.8 Å². The number of carbonyl (C=O) groups is 2. The summed E-state index contributed by atoms with van der Waals surface area (Å²) in [6.45, 7) is 12.7. The van der Waals surface area contributed by atoms with Gasteiger partial charge in [0.2, 0.25) is 0 Å². The number of ether oxygens (including phenoxy) is 1. The average molecular weight is 625 g/mol. The highest BCUT2D eigenvalue weighted by Crippen LogP contribution is 2.48. The lowest BCUT2D eigenvalue weighted by molar-refractivity contribution is 0.0470. The first-order valence-corrected chi connectivity index (χ1v) is 16.1. The summed E-state index contributed by atoms with van der Waals surface area (Å²) in [5.74, 6) is 1.58. The number of hydrogen-bond acceptors (Lipinski definition) is 6. The minimum atomic E-state index is -0.785. The van der Waals surface area contributed by atoms with Crippen molar-refractivity contribution in [3.8, 4) is 11.3 Å². The Morgan fingerprint density at radius 2 is 1.65 bits per heavy atom. The zero-order chi connectivity index (χ0) is 32.5. The van der Waals surface area contributed by atoms with Crippen LogP contribution < -0.4 is 10.6 Å². The minimum Gasteiger partial charge on any atom is -0.444 e. The maximum atomic E-state index is 13.7. The zero-order valence-corrected chi connectivity index (χ0v) is 27.2. The fourth-order valence-electron chi connectivity index (χ4n) is 6.60. The first kappa shape index (κ1) is 30.2. The van der Waals surface area contributed by atoms with Gasteiger partial charge in [-0.3, -0.25) is 4.79 Å². The highest BCUT2D eigenvalue weighted by atomic mass is 19.1. The Bertz CT molecular complexity index is 1830. The van der Waals surface area contributed by atoms with E-state index in [1.54, 1.807) is 12.1 Å². The van der Waals surface area contributed by atoms with E-state index in [1.165, 1.54) is 25.0 Å². The molecule has 2 amide bonds. The standard InChI is InChI=1S/C36H41FN6O3/c1-20-13-23(16-42-19-29(22-7-8-22)39-32(20)42)33(44)43-17-26-27(18-43)31(26)40-30-15-24(36(5,6)41-34(45)46-35(2,3)4)14-28(38-30)21-9-11-25(37)12-10-21/h9-16,19,22,26-27,31H,7-8,17-18H2,1-6H3,(H,38,40)(H,41,45)/t26-,27+,31?. The number of pyridine rings is 2. The fourth-order valence-corrected chi connectivity index (χ4v) is 6.60. The molecule has 46 heavy (non-hydrogen) atoms. The van der Waals surface area contributed by atoms with Crippen molar-refractivity contribution in [1.82, 2.24) is 24.6 Å². The van der Waals surface area contributed by atoms with Crippen molar-refractivity contribution in [3.05, 3.63) is 83.1 Å². The molecule has 3 fully saturated rings.